The molecule has 0 atom stereocenters. The molecule has 0 spiro atoms. The van der Waals surface area contributed by atoms with Crippen molar-refractivity contribution in [2.24, 2.45) is 11.7 Å². The lowest BCUT2D eigenvalue weighted by Gasteiger charge is -2.29. The predicted octanol–water partition coefficient (Wildman–Crippen LogP) is -0.256. The molecule has 106 valence electrons. The average molecular weight is 276 g/mol. The van der Waals surface area contributed by atoms with Gasteiger partial charge >= 0.3 is 11.8 Å². The number of aromatic nitrogens is 1. The molecule has 7 nitrogen and oxygen atoms in total. The molecule has 1 aromatic rings. The van der Waals surface area contributed by atoms with E-state index in [4.69, 9.17) is 5.73 Å². The van der Waals surface area contributed by atoms with Crippen molar-refractivity contribution >= 4 is 23.5 Å². The molecule has 0 radical (unpaired) electrons. The number of pyridine rings is 1. The van der Waals surface area contributed by atoms with E-state index in [9.17, 15) is 14.4 Å². The Morgan fingerprint density at radius 2 is 1.95 bits per heavy atom. The average Bonchev–Trinajstić information content (AvgIpc) is 2.47. The number of piperidine rings is 1. The number of nitrogens with one attached hydrogen (secondary N) is 1. The van der Waals surface area contributed by atoms with E-state index in [2.05, 4.69) is 10.3 Å². The first-order valence-electron chi connectivity index (χ1n) is 6.38. The van der Waals surface area contributed by atoms with Crippen molar-refractivity contribution in [2.45, 2.75) is 12.8 Å². The second-order valence-corrected chi connectivity index (χ2v) is 4.64. The Hall–Kier alpha value is -2.44. The van der Waals surface area contributed by atoms with Gasteiger partial charge in [-0.2, -0.15) is 0 Å². The predicted molar refractivity (Wildman–Crippen MR) is 71.4 cm³/mol. The van der Waals surface area contributed by atoms with Crippen molar-refractivity contribution in [1.82, 2.24) is 9.88 Å². The standard InChI is InChI=1S/C13H16N4O3/c14-11(18)9-4-7-17(8-5-9)13(20)12(19)16-10-3-1-2-6-15-10/h1-3,6,9H,4-5,7-8H2,(H2,14,18)(H,15,16,19). The monoisotopic (exact) mass is 276 g/mol. The minimum Gasteiger partial charge on any atom is -0.369 e. The molecule has 2 heterocycles. The SMILES string of the molecule is NC(=O)C1CCN(C(=O)C(=O)Nc2ccccn2)CC1. The van der Waals surface area contributed by atoms with Gasteiger partial charge in [-0.25, -0.2) is 4.98 Å². The van der Waals surface area contributed by atoms with Gasteiger partial charge in [0.15, 0.2) is 0 Å². The normalized spacial score (nSPS) is 15.7. The summed E-state index contributed by atoms with van der Waals surface area (Å²) in [6, 6.07) is 5.03. The van der Waals surface area contributed by atoms with E-state index in [1.165, 1.54) is 11.1 Å². The van der Waals surface area contributed by atoms with Gasteiger partial charge in [0.2, 0.25) is 5.91 Å². The molecule has 1 fully saturated rings. The second-order valence-electron chi connectivity index (χ2n) is 4.64. The van der Waals surface area contributed by atoms with Gasteiger partial charge in [-0.3, -0.25) is 14.4 Å². The number of anilines is 1. The van der Waals surface area contributed by atoms with E-state index < -0.39 is 11.8 Å². The maximum Gasteiger partial charge on any atom is 0.315 e. The lowest BCUT2D eigenvalue weighted by atomic mass is 9.96. The molecule has 0 unspecified atom stereocenters. The number of rotatable bonds is 2. The number of primary amides is 1. The first-order chi connectivity index (χ1) is 9.58. The molecule has 1 saturated heterocycles. The zero-order valence-corrected chi connectivity index (χ0v) is 10.9. The summed E-state index contributed by atoms with van der Waals surface area (Å²) in [5.74, 6) is -1.56. The van der Waals surface area contributed by atoms with E-state index in [0.717, 1.165) is 0 Å². The van der Waals surface area contributed by atoms with Crippen molar-refractivity contribution in [3.8, 4) is 0 Å². The highest BCUT2D eigenvalue weighted by atomic mass is 16.2. The first kappa shape index (κ1) is 14.0. The summed E-state index contributed by atoms with van der Waals surface area (Å²) >= 11 is 0. The third kappa shape index (κ3) is 3.31. The van der Waals surface area contributed by atoms with Crippen LogP contribution < -0.4 is 11.1 Å². The van der Waals surface area contributed by atoms with Gasteiger partial charge in [0, 0.05) is 25.2 Å². The largest absolute Gasteiger partial charge is 0.369 e. The minimum atomic E-state index is -0.721. The van der Waals surface area contributed by atoms with Crippen LogP contribution in [0.3, 0.4) is 0 Å². The zero-order valence-electron chi connectivity index (χ0n) is 10.9. The molecular weight excluding hydrogens is 260 g/mol. The molecule has 1 aromatic heterocycles. The van der Waals surface area contributed by atoms with E-state index in [0.29, 0.717) is 31.7 Å². The molecule has 0 aromatic carbocycles. The fourth-order valence-electron chi connectivity index (χ4n) is 2.12. The highest BCUT2D eigenvalue weighted by molar-refractivity contribution is 6.39. The third-order valence-electron chi connectivity index (χ3n) is 3.29. The summed E-state index contributed by atoms with van der Waals surface area (Å²) in [6.45, 7) is 0.726. The van der Waals surface area contributed by atoms with Crippen LogP contribution in [0.2, 0.25) is 0 Å². The van der Waals surface area contributed by atoms with E-state index in [-0.39, 0.29) is 11.8 Å². The number of nitrogens with two attached hydrogens (primary N) is 1. The van der Waals surface area contributed by atoms with Crippen LogP contribution >= 0.6 is 0 Å². The number of nitrogens with zero attached hydrogens (tertiary/aromatic N) is 2. The molecule has 0 aliphatic carbocycles. The van der Waals surface area contributed by atoms with Crippen LogP contribution in [0.25, 0.3) is 0 Å². The Morgan fingerprint density at radius 3 is 2.50 bits per heavy atom. The number of amides is 3. The molecule has 20 heavy (non-hydrogen) atoms. The third-order valence-corrected chi connectivity index (χ3v) is 3.29. The van der Waals surface area contributed by atoms with Crippen LogP contribution in [0, 0.1) is 5.92 Å². The lowest BCUT2D eigenvalue weighted by molar-refractivity contribution is -0.144. The Kier molecular flexibility index (Phi) is 4.29. The van der Waals surface area contributed by atoms with Crippen LogP contribution in [0.5, 0.6) is 0 Å². The van der Waals surface area contributed by atoms with E-state index in [1.54, 1.807) is 18.2 Å². The summed E-state index contributed by atoms with van der Waals surface area (Å²) in [5.41, 5.74) is 5.22. The molecule has 0 saturated carbocycles. The Labute approximate surface area is 116 Å². The van der Waals surface area contributed by atoms with E-state index in [1.807, 2.05) is 0 Å². The fourth-order valence-corrected chi connectivity index (χ4v) is 2.12. The number of carbonyl (C=O) groups is 3. The Morgan fingerprint density at radius 1 is 1.25 bits per heavy atom. The summed E-state index contributed by atoms with van der Waals surface area (Å²) in [4.78, 5) is 40.1. The van der Waals surface area contributed by atoms with Crippen LogP contribution in [0.1, 0.15) is 12.8 Å². The summed E-state index contributed by atoms with van der Waals surface area (Å²) in [6.07, 6.45) is 2.52. The van der Waals surface area contributed by atoms with Gasteiger partial charge in [0.05, 0.1) is 0 Å². The number of hydrogen-bond donors (Lipinski definition) is 2. The van der Waals surface area contributed by atoms with Gasteiger partial charge < -0.3 is 16.0 Å². The number of hydrogen-bond acceptors (Lipinski definition) is 4. The second kappa shape index (κ2) is 6.14. The summed E-state index contributed by atoms with van der Waals surface area (Å²) in [5, 5.41) is 2.44. The van der Waals surface area contributed by atoms with Gasteiger partial charge in [-0.15, -0.1) is 0 Å². The molecule has 1 aliphatic rings. The number of likely N-dealkylation sites (tertiary alicyclic amines) is 1. The quantitative estimate of drug-likeness (QED) is 0.726. The lowest BCUT2D eigenvalue weighted by Crippen LogP contribution is -2.46. The van der Waals surface area contributed by atoms with Crippen LogP contribution in [-0.4, -0.2) is 40.7 Å². The Balaban J connectivity index is 1.89. The van der Waals surface area contributed by atoms with E-state index >= 15 is 0 Å². The van der Waals surface area contributed by atoms with Crippen molar-refractivity contribution in [2.75, 3.05) is 18.4 Å². The Bertz CT molecular complexity index is 510. The summed E-state index contributed by atoms with van der Waals surface area (Å²) < 4.78 is 0. The van der Waals surface area contributed by atoms with Crippen LogP contribution in [0.4, 0.5) is 5.82 Å². The van der Waals surface area contributed by atoms with Crippen molar-refractivity contribution in [3.05, 3.63) is 24.4 Å². The maximum absolute atomic E-state index is 11.9. The van der Waals surface area contributed by atoms with Gasteiger partial charge in [-0.1, -0.05) is 6.07 Å². The highest BCUT2D eigenvalue weighted by Gasteiger charge is 2.29. The first-order valence-corrected chi connectivity index (χ1v) is 6.38. The van der Waals surface area contributed by atoms with Crippen LogP contribution in [-0.2, 0) is 14.4 Å². The highest BCUT2D eigenvalue weighted by Crippen LogP contribution is 2.16. The van der Waals surface area contributed by atoms with Gasteiger partial charge in [0.25, 0.3) is 0 Å². The van der Waals surface area contributed by atoms with Crippen molar-refractivity contribution in [3.63, 3.8) is 0 Å². The number of carbonyl (C=O) groups excluding carboxylic acids is 3. The van der Waals surface area contributed by atoms with Crippen molar-refractivity contribution in [1.29, 1.82) is 0 Å². The molecular formula is C13H16N4O3. The molecule has 2 rings (SSSR count). The smallest absolute Gasteiger partial charge is 0.315 e. The van der Waals surface area contributed by atoms with Gasteiger partial charge in [0.1, 0.15) is 5.82 Å². The molecule has 7 heteroatoms. The topological polar surface area (TPSA) is 105 Å². The summed E-state index contributed by atoms with van der Waals surface area (Å²) in [7, 11) is 0. The minimum absolute atomic E-state index is 0.210. The maximum atomic E-state index is 11.9. The zero-order chi connectivity index (χ0) is 14.5. The van der Waals surface area contributed by atoms with Crippen molar-refractivity contribution < 1.29 is 14.4 Å². The molecule has 3 N–H and O–H groups in total. The molecule has 1 aliphatic heterocycles. The van der Waals surface area contributed by atoms with Crippen LogP contribution in [0.15, 0.2) is 24.4 Å². The molecule has 3 amide bonds. The molecule has 0 bridgehead atoms. The fraction of sp³-hybridized carbons (Fsp3) is 0.385. The van der Waals surface area contributed by atoms with Gasteiger partial charge in [-0.05, 0) is 25.0 Å².